The largest absolute Gasteiger partial charge is 0.310 e. The van der Waals surface area contributed by atoms with Gasteiger partial charge < -0.3 is 5.32 Å². The van der Waals surface area contributed by atoms with Crippen LogP contribution >= 0.6 is 11.8 Å². The number of unbranched alkanes of at least 4 members (excludes halogenated alkanes) is 3. The van der Waals surface area contributed by atoms with Crippen LogP contribution in [0.25, 0.3) is 0 Å². The molecule has 0 aliphatic heterocycles. The summed E-state index contributed by atoms with van der Waals surface area (Å²) in [5.41, 5.74) is 1.40. The average Bonchev–Trinajstić information content (AvgIpc) is 2.48. The molecule has 0 amide bonds. The molecule has 0 spiro atoms. The minimum absolute atomic E-state index is 0.447. The molecule has 1 unspecified atom stereocenters. The number of rotatable bonds is 11. The third kappa shape index (κ3) is 7.16. The highest BCUT2D eigenvalue weighted by atomic mass is 32.2. The molecule has 1 aromatic rings. The molecule has 0 saturated carbocycles. The number of benzene rings is 1. The van der Waals surface area contributed by atoms with Crippen LogP contribution in [0.15, 0.2) is 41.8 Å². The van der Waals surface area contributed by atoms with Gasteiger partial charge in [-0.1, -0.05) is 31.6 Å². The smallest absolute Gasteiger partial charge is 0.0292 e. The van der Waals surface area contributed by atoms with Gasteiger partial charge in [-0.2, -0.15) is 0 Å². The van der Waals surface area contributed by atoms with E-state index in [1.54, 1.807) is 0 Å². The summed E-state index contributed by atoms with van der Waals surface area (Å²) in [5, 5.41) is 3.55. The third-order valence-corrected chi connectivity index (χ3v) is 4.46. The van der Waals surface area contributed by atoms with Crippen molar-refractivity contribution in [1.82, 2.24) is 5.32 Å². The summed E-state index contributed by atoms with van der Waals surface area (Å²) < 4.78 is 0. The summed E-state index contributed by atoms with van der Waals surface area (Å²) in [5.74, 6) is 1.22. The molecular weight excluding hydrogens is 262 g/mol. The van der Waals surface area contributed by atoms with Gasteiger partial charge in [-0.15, -0.1) is 18.3 Å². The lowest BCUT2D eigenvalue weighted by atomic mass is 10.1. The van der Waals surface area contributed by atoms with Crippen LogP contribution in [-0.2, 0) is 0 Å². The van der Waals surface area contributed by atoms with Crippen molar-refractivity contribution in [3.05, 3.63) is 42.5 Å². The molecule has 0 bridgehead atoms. The van der Waals surface area contributed by atoms with E-state index >= 15 is 0 Å². The maximum Gasteiger partial charge on any atom is 0.0292 e. The summed E-state index contributed by atoms with van der Waals surface area (Å²) in [6.45, 7) is 9.30. The van der Waals surface area contributed by atoms with Crippen LogP contribution in [-0.4, -0.2) is 12.3 Å². The Bertz CT molecular complexity index is 375. The molecule has 1 atom stereocenters. The zero-order valence-corrected chi connectivity index (χ0v) is 13.8. The van der Waals surface area contributed by atoms with Gasteiger partial charge in [0.2, 0.25) is 0 Å². The maximum atomic E-state index is 3.76. The van der Waals surface area contributed by atoms with E-state index in [4.69, 9.17) is 0 Å². The van der Waals surface area contributed by atoms with Gasteiger partial charge >= 0.3 is 0 Å². The van der Waals surface area contributed by atoms with E-state index < -0.39 is 0 Å². The van der Waals surface area contributed by atoms with Gasteiger partial charge in [-0.05, 0) is 62.6 Å². The van der Waals surface area contributed by atoms with E-state index in [0.29, 0.717) is 6.04 Å². The summed E-state index contributed by atoms with van der Waals surface area (Å²) >= 11 is 1.98. The molecule has 1 rings (SSSR count). The summed E-state index contributed by atoms with van der Waals surface area (Å²) in [7, 11) is 0. The van der Waals surface area contributed by atoms with E-state index in [1.165, 1.54) is 41.9 Å². The van der Waals surface area contributed by atoms with Crippen molar-refractivity contribution < 1.29 is 0 Å². The van der Waals surface area contributed by atoms with Crippen molar-refractivity contribution in [1.29, 1.82) is 0 Å². The Morgan fingerprint density at radius 3 is 2.90 bits per heavy atom. The first-order chi connectivity index (χ1) is 9.77. The van der Waals surface area contributed by atoms with Gasteiger partial charge in [0.25, 0.3) is 0 Å². The molecular formula is C18H29NS. The Hall–Kier alpha value is -0.730. The zero-order chi connectivity index (χ0) is 14.6. The van der Waals surface area contributed by atoms with Crippen molar-refractivity contribution in [3.8, 4) is 0 Å². The van der Waals surface area contributed by atoms with Crippen molar-refractivity contribution in [2.24, 2.45) is 0 Å². The molecule has 0 radical (unpaired) electrons. The summed E-state index contributed by atoms with van der Waals surface area (Å²) in [6, 6.07) is 9.41. The molecule has 0 heterocycles. The van der Waals surface area contributed by atoms with E-state index in [9.17, 15) is 0 Å². The standard InChI is InChI=1S/C18H29NS/c1-4-6-7-8-9-14-20-18-12-10-11-17(15-18)16(3)19-13-5-2/h4,10-12,15-16,19H,1,5-9,13-14H2,2-3H3. The van der Waals surface area contributed by atoms with Gasteiger partial charge in [0.1, 0.15) is 0 Å². The topological polar surface area (TPSA) is 12.0 Å². The second kappa shape index (κ2) is 11.0. The van der Waals surface area contributed by atoms with Gasteiger partial charge in [0.15, 0.2) is 0 Å². The fourth-order valence-corrected chi connectivity index (χ4v) is 3.09. The highest BCUT2D eigenvalue weighted by molar-refractivity contribution is 7.99. The molecule has 0 aliphatic rings. The number of thioether (sulfide) groups is 1. The van der Waals surface area contributed by atoms with Crippen molar-refractivity contribution in [2.45, 2.75) is 56.9 Å². The molecule has 0 fully saturated rings. The second-order valence-electron chi connectivity index (χ2n) is 5.23. The number of hydrogen-bond donors (Lipinski definition) is 1. The van der Waals surface area contributed by atoms with Crippen LogP contribution in [0, 0.1) is 0 Å². The van der Waals surface area contributed by atoms with Crippen molar-refractivity contribution in [2.75, 3.05) is 12.3 Å². The fraction of sp³-hybridized carbons (Fsp3) is 0.556. The maximum absolute atomic E-state index is 3.76. The predicted molar refractivity (Wildman–Crippen MR) is 92.5 cm³/mol. The van der Waals surface area contributed by atoms with Crippen molar-refractivity contribution in [3.63, 3.8) is 0 Å². The molecule has 0 aromatic heterocycles. The molecule has 0 saturated heterocycles. The summed E-state index contributed by atoms with van der Waals surface area (Å²) in [4.78, 5) is 1.40. The van der Waals surface area contributed by atoms with Gasteiger partial charge in [0.05, 0.1) is 0 Å². The van der Waals surface area contributed by atoms with Gasteiger partial charge in [-0.3, -0.25) is 0 Å². The number of hydrogen-bond acceptors (Lipinski definition) is 2. The average molecular weight is 292 g/mol. The highest BCUT2D eigenvalue weighted by Crippen LogP contribution is 2.23. The van der Waals surface area contributed by atoms with Crippen molar-refractivity contribution >= 4 is 11.8 Å². The van der Waals surface area contributed by atoms with E-state index in [-0.39, 0.29) is 0 Å². The molecule has 20 heavy (non-hydrogen) atoms. The quantitative estimate of drug-likeness (QED) is 0.324. The molecule has 2 heteroatoms. The first-order valence-corrected chi connectivity index (χ1v) is 8.83. The normalized spacial score (nSPS) is 12.3. The monoisotopic (exact) mass is 291 g/mol. The first kappa shape index (κ1) is 17.3. The molecule has 1 N–H and O–H groups in total. The lowest BCUT2D eigenvalue weighted by Crippen LogP contribution is -2.19. The SMILES string of the molecule is C=CCCCCCSc1cccc(C(C)NCCC)c1. The lowest BCUT2D eigenvalue weighted by Gasteiger charge is -2.14. The predicted octanol–water partition coefficient (Wildman–Crippen LogP) is 5.59. The third-order valence-electron chi connectivity index (χ3n) is 3.38. The Morgan fingerprint density at radius 1 is 1.30 bits per heavy atom. The Morgan fingerprint density at radius 2 is 2.15 bits per heavy atom. The molecule has 1 aromatic carbocycles. The van der Waals surface area contributed by atoms with Gasteiger partial charge in [0, 0.05) is 10.9 Å². The molecule has 1 nitrogen and oxygen atoms in total. The lowest BCUT2D eigenvalue weighted by molar-refractivity contribution is 0.570. The first-order valence-electron chi connectivity index (χ1n) is 7.85. The molecule has 0 aliphatic carbocycles. The Balaban J connectivity index is 2.33. The second-order valence-corrected chi connectivity index (χ2v) is 6.40. The fourth-order valence-electron chi connectivity index (χ4n) is 2.11. The van der Waals surface area contributed by atoms with E-state index in [1.807, 2.05) is 17.8 Å². The number of nitrogens with one attached hydrogen (secondary N) is 1. The van der Waals surface area contributed by atoms with Gasteiger partial charge in [-0.25, -0.2) is 0 Å². The van der Waals surface area contributed by atoms with Crippen LogP contribution in [0.4, 0.5) is 0 Å². The minimum atomic E-state index is 0.447. The van der Waals surface area contributed by atoms with Crippen LogP contribution in [0.3, 0.4) is 0 Å². The van der Waals surface area contributed by atoms with E-state index in [2.05, 4.69) is 50.0 Å². The zero-order valence-electron chi connectivity index (χ0n) is 13.0. The highest BCUT2D eigenvalue weighted by Gasteiger charge is 2.04. The van der Waals surface area contributed by atoms with Crippen LogP contribution in [0.1, 0.15) is 57.6 Å². The Labute approximate surface area is 129 Å². The van der Waals surface area contributed by atoms with Crippen LogP contribution in [0.5, 0.6) is 0 Å². The molecule has 112 valence electrons. The Kier molecular flexibility index (Phi) is 9.52. The summed E-state index contributed by atoms with van der Waals surface area (Å²) in [6.07, 6.45) is 8.24. The van der Waals surface area contributed by atoms with Crippen LogP contribution in [0.2, 0.25) is 0 Å². The van der Waals surface area contributed by atoms with E-state index in [0.717, 1.165) is 13.0 Å². The van der Waals surface area contributed by atoms with Crippen LogP contribution < -0.4 is 5.32 Å². The number of allylic oxidation sites excluding steroid dienone is 1. The minimum Gasteiger partial charge on any atom is -0.310 e.